The number of carbonyl (C=O) groups excluding carboxylic acids is 1. The molecule has 1 rings (SSSR count). The van der Waals surface area contributed by atoms with Gasteiger partial charge in [0.05, 0.1) is 5.56 Å². The van der Waals surface area contributed by atoms with Crippen LogP contribution in [0.2, 0.25) is 0 Å². The van der Waals surface area contributed by atoms with Crippen LogP contribution >= 0.6 is 28.6 Å². The van der Waals surface area contributed by atoms with E-state index < -0.39 is 0 Å². The Hall–Kier alpha value is -0.740. The summed E-state index contributed by atoms with van der Waals surface area (Å²) in [7, 11) is 1.76. The minimum Gasteiger partial charge on any atom is -0.338 e. The fourth-order valence-corrected chi connectivity index (χ4v) is 1.98. The third-order valence-electron chi connectivity index (χ3n) is 2.03. The SMILES string of the molecule is C=C(C)CN(C)C(=O)c1cc(S)ccc1Br. The molecule has 0 N–H and O–H groups in total. The molecule has 4 heteroatoms. The number of likely N-dealkylation sites (N-methyl/N-ethyl adjacent to an activating group) is 1. The van der Waals surface area contributed by atoms with Crippen molar-refractivity contribution in [1.82, 2.24) is 4.90 Å². The number of thiol groups is 1. The smallest absolute Gasteiger partial charge is 0.255 e. The zero-order valence-electron chi connectivity index (χ0n) is 9.33. The highest BCUT2D eigenvalue weighted by Crippen LogP contribution is 2.21. The molecule has 0 atom stereocenters. The van der Waals surface area contributed by atoms with Gasteiger partial charge in [-0.3, -0.25) is 4.79 Å². The van der Waals surface area contributed by atoms with E-state index in [9.17, 15) is 4.79 Å². The van der Waals surface area contributed by atoms with Crippen LogP contribution in [-0.2, 0) is 0 Å². The van der Waals surface area contributed by atoms with E-state index in [4.69, 9.17) is 0 Å². The minimum atomic E-state index is -0.0363. The van der Waals surface area contributed by atoms with Crippen LogP contribution in [0.15, 0.2) is 39.7 Å². The van der Waals surface area contributed by atoms with Gasteiger partial charge in [0, 0.05) is 23.0 Å². The number of hydrogen-bond donors (Lipinski definition) is 1. The second kappa shape index (κ2) is 5.55. The van der Waals surface area contributed by atoms with Gasteiger partial charge in [-0.2, -0.15) is 0 Å². The summed E-state index contributed by atoms with van der Waals surface area (Å²) < 4.78 is 0.781. The molecule has 0 bridgehead atoms. The van der Waals surface area contributed by atoms with Crippen LogP contribution in [0.1, 0.15) is 17.3 Å². The highest BCUT2D eigenvalue weighted by atomic mass is 79.9. The predicted octanol–water partition coefficient (Wildman–Crippen LogP) is 3.39. The molecular weight excluding hydrogens is 286 g/mol. The lowest BCUT2D eigenvalue weighted by molar-refractivity contribution is 0.0806. The lowest BCUT2D eigenvalue weighted by Gasteiger charge is -2.18. The molecule has 0 unspecified atom stereocenters. The van der Waals surface area contributed by atoms with Crippen LogP contribution < -0.4 is 0 Å². The maximum atomic E-state index is 12.1. The van der Waals surface area contributed by atoms with Crippen molar-refractivity contribution in [1.29, 1.82) is 0 Å². The van der Waals surface area contributed by atoms with Gasteiger partial charge in [0.2, 0.25) is 0 Å². The first-order valence-electron chi connectivity index (χ1n) is 4.80. The Morgan fingerprint density at radius 2 is 2.19 bits per heavy atom. The Labute approximate surface area is 110 Å². The number of hydrogen-bond acceptors (Lipinski definition) is 2. The van der Waals surface area contributed by atoms with Crippen molar-refractivity contribution in [2.45, 2.75) is 11.8 Å². The van der Waals surface area contributed by atoms with Crippen LogP contribution in [0, 0.1) is 0 Å². The molecule has 0 saturated carbocycles. The quantitative estimate of drug-likeness (QED) is 0.670. The van der Waals surface area contributed by atoms with Crippen LogP contribution in [-0.4, -0.2) is 24.4 Å². The highest BCUT2D eigenvalue weighted by Gasteiger charge is 2.14. The molecule has 0 aliphatic rings. The Morgan fingerprint density at radius 3 is 2.75 bits per heavy atom. The lowest BCUT2D eigenvalue weighted by atomic mass is 10.2. The predicted molar refractivity (Wildman–Crippen MR) is 73.2 cm³/mol. The first kappa shape index (κ1) is 13.3. The van der Waals surface area contributed by atoms with E-state index in [1.54, 1.807) is 18.0 Å². The Balaban J connectivity index is 2.95. The molecule has 0 aliphatic heterocycles. The van der Waals surface area contributed by atoms with E-state index in [0.29, 0.717) is 12.1 Å². The van der Waals surface area contributed by atoms with Gasteiger partial charge in [0.25, 0.3) is 5.91 Å². The van der Waals surface area contributed by atoms with Crippen LogP contribution in [0.5, 0.6) is 0 Å². The maximum absolute atomic E-state index is 12.1. The number of rotatable bonds is 3. The number of carbonyl (C=O) groups is 1. The standard InChI is InChI=1S/C12H14BrNOS/c1-8(2)7-14(3)12(15)10-6-9(16)4-5-11(10)13/h4-6,16H,1,7H2,2-3H3. The summed E-state index contributed by atoms with van der Waals surface area (Å²) in [6.45, 7) is 6.24. The van der Waals surface area contributed by atoms with Crippen molar-refractivity contribution in [3.8, 4) is 0 Å². The van der Waals surface area contributed by atoms with E-state index in [-0.39, 0.29) is 5.91 Å². The van der Waals surface area contributed by atoms with Crippen molar-refractivity contribution in [3.63, 3.8) is 0 Å². The molecule has 0 aliphatic carbocycles. The molecule has 0 fully saturated rings. The highest BCUT2D eigenvalue weighted by molar-refractivity contribution is 9.10. The van der Waals surface area contributed by atoms with Crippen molar-refractivity contribution < 1.29 is 4.79 Å². The van der Waals surface area contributed by atoms with Crippen molar-refractivity contribution in [2.24, 2.45) is 0 Å². The largest absolute Gasteiger partial charge is 0.338 e. The van der Waals surface area contributed by atoms with Gasteiger partial charge < -0.3 is 4.90 Å². The minimum absolute atomic E-state index is 0.0363. The lowest BCUT2D eigenvalue weighted by Crippen LogP contribution is -2.28. The molecule has 1 amide bonds. The van der Waals surface area contributed by atoms with Crippen LogP contribution in [0.3, 0.4) is 0 Å². The average Bonchev–Trinajstić information content (AvgIpc) is 2.19. The van der Waals surface area contributed by atoms with Crippen LogP contribution in [0.4, 0.5) is 0 Å². The fraction of sp³-hybridized carbons (Fsp3) is 0.250. The summed E-state index contributed by atoms with van der Waals surface area (Å²) in [6, 6.07) is 5.41. The average molecular weight is 300 g/mol. The molecule has 0 radical (unpaired) electrons. The zero-order chi connectivity index (χ0) is 12.3. The van der Waals surface area contributed by atoms with Crippen molar-refractivity contribution in [3.05, 3.63) is 40.4 Å². The molecule has 0 spiro atoms. The van der Waals surface area contributed by atoms with Crippen molar-refractivity contribution >= 4 is 34.5 Å². The maximum Gasteiger partial charge on any atom is 0.255 e. The number of halogens is 1. The summed E-state index contributed by atoms with van der Waals surface area (Å²) in [6.07, 6.45) is 0. The van der Waals surface area contributed by atoms with Gasteiger partial charge in [0.1, 0.15) is 0 Å². The third-order valence-corrected chi connectivity index (χ3v) is 3.00. The van der Waals surface area contributed by atoms with E-state index >= 15 is 0 Å². The van der Waals surface area contributed by atoms with Gasteiger partial charge in [-0.15, -0.1) is 12.6 Å². The Morgan fingerprint density at radius 1 is 1.56 bits per heavy atom. The summed E-state index contributed by atoms with van der Waals surface area (Å²) in [5, 5.41) is 0. The summed E-state index contributed by atoms with van der Waals surface area (Å²) in [4.78, 5) is 14.5. The monoisotopic (exact) mass is 299 g/mol. The molecule has 16 heavy (non-hydrogen) atoms. The van der Waals surface area contributed by atoms with E-state index in [2.05, 4.69) is 35.1 Å². The molecule has 0 saturated heterocycles. The molecular formula is C12H14BrNOS. The third kappa shape index (κ3) is 3.39. The van der Waals surface area contributed by atoms with Crippen molar-refractivity contribution in [2.75, 3.05) is 13.6 Å². The second-order valence-electron chi connectivity index (χ2n) is 3.78. The fourth-order valence-electron chi connectivity index (χ4n) is 1.36. The molecule has 0 heterocycles. The number of nitrogens with zero attached hydrogens (tertiary/aromatic N) is 1. The second-order valence-corrected chi connectivity index (χ2v) is 5.15. The number of benzene rings is 1. The molecule has 2 nitrogen and oxygen atoms in total. The van der Waals surface area contributed by atoms with E-state index in [1.165, 1.54) is 0 Å². The summed E-state index contributed by atoms with van der Waals surface area (Å²) >= 11 is 7.59. The normalized spacial score (nSPS) is 10.0. The van der Waals surface area contributed by atoms with E-state index in [1.807, 2.05) is 19.1 Å². The molecule has 0 aromatic heterocycles. The molecule has 86 valence electrons. The first-order chi connectivity index (χ1) is 7.41. The summed E-state index contributed by atoms with van der Waals surface area (Å²) in [5.74, 6) is -0.0363. The summed E-state index contributed by atoms with van der Waals surface area (Å²) in [5.41, 5.74) is 1.57. The Kier molecular flexibility index (Phi) is 4.62. The van der Waals surface area contributed by atoms with Gasteiger partial charge in [-0.25, -0.2) is 0 Å². The molecule has 1 aromatic carbocycles. The Bertz CT molecular complexity index is 431. The molecule has 1 aromatic rings. The van der Waals surface area contributed by atoms with Gasteiger partial charge in [-0.1, -0.05) is 12.2 Å². The van der Waals surface area contributed by atoms with Crippen LogP contribution in [0.25, 0.3) is 0 Å². The van der Waals surface area contributed by atoms with Gasteiger partial charge >= 0.3 is 0 Å². The zero-order valence-corrected chi connectivity index (χ0v) is 11.8. The van der Waals surface area contributed by atoms with Gasteiger partial charge in [0.15, 0.2) is 0 Å². The topological polar surface area (TPSA) is 20.3 Å². The van der Waals surface area contributed by atoms with Gasteiger partial charge in [-0.05, 0) is 41.1 Å². The van der Waals surface area contributed by atoms with E-state index in [0.717, 1.165) is 14.9 Å². The number of amides is 1. The first-order valence-corrected chi connectivity index (χ1v) is 6.04.